The Morgan fingerprint density at radius 3 is 2.81 bits per heavy atom. The zero-order valence-corrected chi connectivity index (χ0v) is 12.6. The zero-order chi connectivity index (χ0) is 15.6. The second kappa shape index (κ2) is 6.29. The minimum absolute atomic E-state index is 0.0226. The van der Waals surface area contributed by atoms with E-state index in [1.165, 1.54) is 12.1 Å². The highest BCUT2D eigenvalue weighted by molar-refractivity contribution is 7.89. The minimum atomic E-state index is -4.05. The Morgan fingerprint density at radius 2 is 2.14 bits per heavy atom. The Morgan fingerprint density at radius 1 is 1.43 bits per heavy atom. The van der Waals surface area contributed by atoms with Gasteiger partial charge in [-0.3, -0.25) is 4.79 Å². The highest BCUT2D eigenvalue weighted by atomic mass is 35.5. The molecule has 8 heteroatoms. The highest BCUT2D eigenvalue weighted by Gasteiger charge is 2.34. The van der Waals surface area contributed by atoms with Crippen LogP contribution in [-0.2, 0) is 14.8 Å². The van der Waals surface area contributed by atoms with Crippen LogP contribution in [0.4, 0.5) is 4.39 Å². The summed E-state index contributed by atoms with van der Waals surface area (Å²) in [5.41, 5.74) is 0. The van der Waals surface area contributed by atoms with Gasteiger partial charge in [-0.05, 0) is 30.9 Å². The van der Waals surface area contributed by atoms with E-state index in [1.54, 1.807) is 0 Å². The van der Waals surface area contributed by atoms with Gasteiger partial charge >= 0.3 is 5.97 Å². The van der Waals surface area contributed by atoms with Crippen molar-refractivity contribution in [2.45, 2.75) is 24.2 Å². The quantitative estimate of drug-likeness (QED) is 0.864. The van der Waals surface area contributed by atoms with Gasteiger partial charge < -0.3 is 5.11 Å². The van der Waals surface area contributed by atoms with Gasteiger partial charge in [-0.15, -0.1) is 0 Å². The van der Waals surface area contributed by atoms with Crippen LogP contribution in [0.5, 0.6) is 0 Å². The number of hydrogen-bond donors (Lipinski definition) is 2. The van der Waals surface area contributed by atoms with E-state index in [0.29, 0.717) is 12.8 Å². The van der Waals surface area contributed by atoms with Crippen molar-refractivity contribution in [3.8, 4) is 0 Å². The molecule has 2 unspecified atom stereocenters. The van der Waals surface area contributed by atoms with Crippen molar-refractivity contribution in [2.75, 3.05) is 6.54 Å². The van der Waals surface area contributed by atoms with Gasteiger partial charge in [-0.25, -0.2) is 17.5 Å². The van der Waals surface area contributed by atoms with Gasteiger partial charge in [0, 0.05) is 6.54 Å². The van der Waals surface area contributed by atoms with Crippen LogP contribution < -0.4 is 4.72 Å². The van der Waals surface area contributed by atoms with Crippen molar-refractivity contribution in [2.24, 2.45) is 11.8 Å². The van der Waals surface area contributed by atoms with Crippen LogP contribution in [-0.4, -0.2) is 26.0 Å². The molecule has 1 aromatic carbocycles. The summed E-state index contributed by atoms with van der Waals surface area (Å²) in [5, 5.41) is 8.78. The standard InChI is InChI=1S/C13H15ClFNO4S/c14-10-5-2-6-11(12(10)15)21(19,20)16-7-8-3-1-4-9(8)13(17)18/h2,5-6,8-9,16H,1,3-4,7H2,(H,17,18). The molecule has 0 amide bonds. The maximum absolute atomic E-state index is 13.8. The van der Waals surface area contributed by atoms with Gasteiger partial charge in [0.2, 0.25) is 10.0 Å². The Kier molecular flexibility index (Phi) is 4.85. The topological polar surface area (TPSA) is 83.5 Å². The molecule has 0 heterocycles. The molecule has 1 aliphatic carbocycles. The molecule has 0 radical (unpaired) electrons. The van der Waals surface area contributed by atoms with Crippen LogP contribution >= 0.6 is 11.6 Å². The van der Waals surface area contributed by atoms with Crippen LogP contribution in [0.3, 0.4) is 0 Å². The van der Waals surface area contributed by atoms with Crippen molar-refractivity contribution < 1.29 is 22.7 Å². The molecule has 1 saturated carbocycles. The predicted octanol–water partition coefficient (Wildman–Crippen LogP) is 2.26. The molecule has 2 atom stereocenters. The first-order chi connectivity index (χ1) is 9.83. The normalized spacial score (nSPS) is 22.4. The monoisotopic (exact) mass is 335 g/mol. The molecule has 0 bridgehead atoms. The number of carboxylic acid groups (broad SMARTS) is 1. The largest absolute Gasteiger partial charge is 0.481 e. The summed E-state index contributed by atoms with van der Waals surface area (Å²) < 4.78 is 40.2. The lowest BCUT2D eigenvalue weighted by atomic mass is 9.97. The SMILES string of the molecule is O=C(O)C1CCCC1CNS(=O)(=O)c1cccc(Cl)c1F. The number of carboxylic acids is 1. The number of carbonyl (C=O) groups is 1. The van der Waals surface area contributed by atoms with Crippen LogP contribution in [0.15, 0.2) is 23.1 Å². The third kappa shape index (κ3) is 3.53. The molecule has 1 aliphatic rings. The van der Waals surface area contributed by atoms with E-state index in [0.717, 1.165) is 12.5 Å². The molecule has 0 aliphatic heterocycles. The van der Waals surface area contributed by atoms with Crippen molar-refractivity contribution in [3.05, 3.63) is 29.0 Å². The molecule has 0 aromatic heterocycles. The van der Waals surface area contributed by atoms with Crippen LogP contribution in [0.2, 0.25) is 5.02 Å². The summed E-state index contributed by atoms with van der Waals surface area (Å²) in [7, 11) is -4.05. The fourth-order valence-corrected chi connectivity index (χ4v) is 4.02. The second-order valence-electron chi connectivity index (χ2n) is 5.04. The van der Waals surface area contributed by atoms with Crippen molar-refractivity contribution in [3.63, 3.8) is 0 Å². The number of halogens is 2. The first-order valence-corrected chi connectivity index (χ1v) is 8.35. The van der Waals surface area contributed by atoms with Crippen LogP contribution in [0.25, 0.3) is 0 Å². The second-order valence-corrected chi connectivity index (χ2v) is 7.18. The van der Waals surface area contributed by atoms with Crippen molar-refractivity contribution in [1.29, 1.82) is 0 Å². The Balaban J connectivity index is 2.12. The van der Waals surface area contributed by atoms with Crippen molar-refractivity contribution >= 4 is 27.6 Å². The molecular formula is C13H15ClFNO4S. The number of sulfonamides is 1. The highest BCUT2D eigenvalue weighted by Crippen LogP contribution is 2.32. The summed E-state index contributed by atoms with van der Waals surface area (Å²) in [6, 6.07) is 3.72. The minimum Gasteiger partial charge on any atom is -0.481 e. The molecule has 0 saturated heterocycles. The van der Waals surface area contributed by atoms with E-state index in [2.05, 4.69) is 4.72 Å². The fraction of sp³-hybridized carbons (Fsp3) is 0.462. The summed E-state index contributed by atoms with van der Waals surface area (Å²) in [6.45, 7) is -0.0226. The average Bonchev–Trinajstić information content (AvgIpc) is 2.88. The summed E-state index contributed by atoms with van der Waals surface area (Å²) in [4.78, 5) is 10.5. The molecular weight excluding hydrogens is 321 g/mol. The van der Waals surface area contributed by atoms with E-state index in [1.807, 2.05) is 0 Å². The molecule has 2 N–H and O–H groups in total. The van der Waals surface area contributed by atoms with Gasteiger partial charge in [0.05, 0.1) is 10.9 Å². The van der Waals surface area contributed by atoms with E-state index >= 15 is 0 Å². The lowest BCUT2D eigenvalue weighted by Gasteiger charge is -2.16. The number of benzene rings is 1. The third-order valence-electron chi connectivity index (χ3n) is 3.72. The Labute approximate surface area is 127 Å². The molecule has 1 fully saturated rings. The maximum atomic E-state index is 13.8. The third-order valence-corrected chi connectivity index (χ3v) is 5.45. The first kappa shape index (κ1) is 16.2. The van der Waals surface area contributed by atoms with Crippen LogP contribution in [0, 0.1) is 17.7 Å². The number of rotatable bonds is 5. The average molecular weight is 336 g/mol. The fourth-order valence-electron chi connectivity index (χ4n) is 2.59. The van der Waals surface area contributed by atoms with Gasteiger partial charge in [-0.2, -0.15) is 0 Å². The smallest absolute Gasteiger partial charge is 0.306 e. The van der Waals surface area contributed by atoms with E-state index < -0.39 is 32.6 Å². The molecule has 116 valence electrons. The van der Waals surface area contributed by atoms with Gasteiger partial charge in [0.1, 0.15) is 4.90 Å². The van der Waals surface area contributed by atoms with E-state index in [-0.39, 0.29) is 17.5 Å². The summed E-state index contributed by atoms with van der Waals surface area (Å²) in [6.07, 6.45) is 1.92. The Bertz CT molecular complexity index is 650. The van der Waals surface area contributed by atoms with Gasteiger partial charge in [0.25, 0.3) is 0 Å². The lowest BCUT2D eigenvalue weighted by Crippen LogP contribution is -2.33. The molecule has 2 rings (SSSR count). The van der Waals surface area contributed by atoms with Gasteiger partial charge in [0.15, 0.2) is 5.82 Å². The van der Waals surface area contributed by atoms with E-state index in [4.69, 9.17) is 16.7 Å². The summed E-state index contributed by atoms with van der Waals surface area (Å²) >= 11 is 5.57. The summed E-state index contributed by atoms with van der Waals surface area (Å²) in [5.74, 6) is -2.77. The van der Waals surface area contributed by atoms with Crippen LogP contribution in [0.1, 0.15) is 19.3 Å². The molecule has 0 spiro atoms. The Hall–Kier alpha value is -1.18. The predicted molar refractivity (Wildman–Crippen MR) is 75.1 cm³/mol. The van der Waals surface area contributed by atoms with Crippen molar-refractivity contribution in [1.82, 2.24) is 4.72 Å². The number of nitrogens with one attached hydrogen (secondary N) is 1. The number of aliphatic carboxylic acids is 1. The molecule has 5 nitrogen and oxygen atoms in total. The van der Waals surface area contributed by atoms with E-state index in [9.17, 15) is 17.6 Å². The number of hydrogen-bond acceptors (Lipinski definition) is 3. The zero-order valence-electron chi connectivity index (χ0n) is 11.1. The molecule has 1 aromatic rings. The molecule has 21 heavy (non-hydrogen) atoms. The first-order valence-electron chi connectivity index (χ1n) is 6.49. The van der Waals surface area contributed by atoms with Gasteiger partial charge in [-0.1, -0.05) is 24.1 Å². The lowest BCUT2D eigenvalue weighted by molar-refractivity contribution is -0.142. The maximum Gasteiger partial charge on any atom is 0.306 e.